The van der Waals surface area contributed by atoms with Gasteiger partial charge in [0.2, 0.25) is 5.88 Å². The smallest absolute Gasteiger partial charge is 0.221 e. The zero-order valence-corrected chi connectivity index (χ0v) is 9.50. The Kier molecular flexibility index (Phi) is 2.86. The van der Waals surface area contributed by atoms with Crippen molar-refractivity contribution in [2.45, 2.75) is 33.4 Å². The fourth-order valence-corrected chi connectivity index (χ4v) is 1.81. The summed E-state index contributed by atoms with van der Waals surface area (Å²) < 4.78 is 5.29. The van der Waals surface area contributed by atoms with Gasteiger partial charge in [0.15, 0.2) is 0 Å². The molecule has 15 heavy (non-hydrogen) atoms. The maximum absolute atomic E-state index is 5.29. The first-order chi connectivity index (χ1) is 7.20. The van der Waals surface area contributed by atoms with Gasteiger partial charge in [0.25, 0.3) is 0 Å². The van der Waals surface area contributed by atoms with Crippen LogP contribution < -0.4 is 10.1 Å². The number of aromatic nitrogens is 2. The van der Waals surface area contributed by atoms with Crippen molar-refractivity contribution in [2.75, 3.05) is 7.11 Å². The van der Waals surface area contributed by atoms with Crippen molar-refractivity contribution in [1.82, 2.24) is 15.3 Å². The lowest BCUT2D eigenvalue weighted by Gasteiger charge is -2.09. The Hall–Kier alpha value is -1.16. The summed E-state index contributed by atoms with van der Waals surface area (Å²) in [5, 5.41) is 3.26. The normalized spacial score (nSPS) is 14.4. The highest BCUT2D eigenvalue weighted by molar-refractivity contribution is 5.33. The Balaban J connectivity index is 2.34. The van der Waals surface area contributed by atoms with Gasteiger partial charge in [-0.25, -0.2) is 4.98 Å². The number of methoxy groups -OCH3 is 1. The third-order valence-electron chi connectivity index (χ3n) is 2.48. The van der Waals surface area contributed by atoms with Crippen molar-refractivity contribution < 1.29 is 4.74 Å². The minimum absolute atomic E-state index is 0.571. The van der Waals surface area contributed by atoms with Crippen LogP contribution in [0.1, 0.15) is 30.9 Å². The van der Waals surface area contributed by atoms with Gasteiger partial charge >= 0.3 is 0 Å². The van der Waals surface area contributed by atoms with Gasteiger partial charge in [-0.1, -0.05) is 13.8 Å². The van der Waals surface area contributed by atoms with E-state index in [1.807, 2.05) is 0 Å². The second-order valence-corrected chi connectivity index (χ2v) is 4.28. The number of rotatable bonds is 3. The van der Waals surface area contributed by atoms with Crippen molar-refractivity contribution in [3.05, 3.63) is 17.1 Å². The molecular weight excluding hydrogens is 190 g/mol. The number of hydrogen-bond acceptors (Lipinski definition) is 4. The summed E-state index contributed by atoms with van der Waals surface area (Å²) in [6, 6.07) is 0. The van der Waals surface area contributed by atoms with E-state index >= 15 is 0 Å². The van der Waals surface area contributed by atoms with Crippen LogP contribution in [0.3, 0.4) is 0 Å². The molecule has 0 unspecified atom stereocenters. The molecule has 1 aromatic rings. The fourth-order valence-electron chi connectivity index (χ4n) is 1.81. The van der Waals surface area contributed by atoms with E-state index in [9.17, 15) is 0 Å². The molecule has 0 radical (unpaired) electrons. The van der Waals surface area contributed by atoms with Gasteiger partial charge in [0, 0.05) is 19.5 Å². The summed E-state index contributed by atoms with van der Waals surface area (Å²) in [5.74, 6) is 2.20. The Bertz CT molecular complexity index is 363. The molecule has 0 saturated heterocycles. The maximum atomic E-state index is 5.29. The van der Waals surface area contributed by atoms with E-state index in [1.165, 1.54) is 0 Å². The van der Waals surface area contributed by atoms with Crippen LogP contribution in [-0.2, 0) is 19.5 Å². The second kappa shape index (κ2) is 4.14. The largest absolute Gasteiger partial charge is 0.481 e. The van der Waals surface area contributed by atoms with Crippen LogP contribution in [0.4, 0.5) is 0 Å². The Morgan fingerprint density at radius 2 is 2.13 bits per heavy atom. The summed E-state index contributed by atoms with van der Waals surface area (Å²) in [4.78, 5) is 8.98. The van der Waals surface area contributed by atoms with Crippen LogP contribution in [0.2, 0.25) is 0 Å². The molecule has 0 atom stereocenters. The van der Waals surface area contributed by atoms with E-state index in [2.05, 4.69) is 29.1 Å². The Morgan fingerprint density at radius 1 is 1.33 bits per heavy atom. The van der Waals surface area contributed by atoms with Crippen LogP contribution in [0.25, 0.3) is 0 Å². The van der Waals surface area contributed by atoms with Crippen LogP contribution in [0.5, 0.6) is 5.88 Å². The van der Waals surface area contributed by atoms with Gasteiger partial charge < -0.3 is 10.1 Å². The molecule has 82 valence electrons. The molecule has 0 amide bonds. The number of ether oxygens (including phenoxy) is 1. The Labute approximate surface area is 90.1 Å². The lowest BCUT2D eigenvalue weighted by atomic mass is 10.1. The standard InChI is InChI=1S/C11H17N3O/c1-7(2)4-10-13-9-6-12-5-8(9)11(14-10)15-3/h7,12H,4-6H2,1-3H3. The van der Waals surface area contributed by atoms with Crippen LogP contribution >= 0.6 is 0 Å². The van der Waals surface area contributed by atoms with E-state index in [0.29, 0.717) is 5.92 Å². The number of hydrogen-bond donors (Lipinski definition) is 1. The zero-order valence-electron chi connectivity index (χ0n) is 9.50. The lowest BCUT2D eigenvalue weighted by Crippen LogP contribution is -2.06. The summed E-state index contributed by atoms with van der Waals surface area (Å²) in [6.45, 7) is 5.99. The first-order valence-electron chi connectivity index (χ1n) is 5.34. The van der Waals surface area contributed by atoms with Crippen LogP contribution in [-0.4, -0.2) is 17.1 Å². The monoisotopic (exact) mass is 207 g/mol. The quantitative estimate of drug-likeness (QED) is 0.811. The topological polar surface area (TPSA) is 47.0 Å². The fraction of sp³-hybridized carbons (Fsp3) is 0.636. The summed E-state index contributed by atoms with van der Waals surface area (Å²) in [6.07, 6.45) is 0.906. The molecule has 0 aromatic carbocycles. The molecule has 0 aliphatic carbocycles. The lowest BCUT2D eigenvalue weighted by molar-refractivity contribution is 0.388. The van der Waals surface area contributed by atoms with Gasteiger partial charge in [0.05, 0.1) is 18.4 Å². The van der Waals surface area contributed by atoms with Gasteiger partial charge in [-0.2, -0.15) is 4.98 Å². The highest BCUT2D eigenvalue weighted by atomic mass is 16.5. The van der Waals surface area contributed by atoms with Crippen molar-refractivity contribution >= 4 is 0 Å². The van der Waals surface area contributed by atoms with E-state index in [1.54, 1.807) is 7.11 Å². The molecule has 1 aliphatic heterocycles. The van der Waals surface area contributed by atoms with Crippen molar-refractivity contribution in [2.24, 2.45) is 5.92 Å². The molecule has 2 heterocycles. The predicted octanol–water partition coefficient (Wildman–Crippen LogP) is 1.29. The molecular formula is C11H17N3O. The van der Waals surface area contributed by atoms with Gasteiger partial charge in [-0.15, -0.1) is 0 Å². The van der Waals surface area contributed by atoms with Gasteiger partial charge in [0.1, 0.15) is 5.82 Å². The van der Waals surface area contributed by atoms with Crippen LogP contribution in [0.15, 0.2) is 0 Å². The molecule has 1 N–H and O–H groups in total. The van der Waals surface area contributed by atoms with Gasteiger partial charge in [-0.05, 0) is 5.92 Å². The number of nitrogens with zero attached hydrogens (tertiary/aromatic N) is 2. The average molecular weight is 207 g/mol. The highest BCUT2D eigenvalue weighted by Gasteiger charge is 2.19. The van der Waals surface area contributed by atoms with E-state index < -0.39 is 0 Å². The van der Waals surface area contributed by atoms with Crippen molar-refractivity contribution in [3.63, 3.8) is 0 Å². The molecule has 4 heteroatoms. The average Bonchev–Trinajstić information content (AvgIpc) is 2.63. The molecule has 0 fully saturated rings. The summed E-state index contributed by atoms with van der Waals surface area (Å²) in [5.41, 5.74) is 2.21. The summed E-state index contributed by atoms with van der Waals surface area (Å²) in [7, 11) is 1.67. The molecule has 0 saturated carbocycles. The molecule has 1 aliphatic rings. The SMILES string of the molecule is COc1nc(CC(C)C)nc2c1CNC2. The van der Waals surface area contributed by atoms with E-state index in [0.717, 1.165) is 42.5 Å². The Morgan fingerprint density at radius 3 is 2.80 bits per heavy atom. The molecule has 1 aromatic heterocycles. The number of nitrogens with one attached hydrogen (secondary N) is 1. The molecule has 4 nitrogen and oxygen atoms in total. The minimum atomic E-state index is 0.571. The predicted molar refractivity (Wildman–Crippen MR) is 57.7 cm³/mol. The van der Waals surface area contributed by atoms with Crippen molar-refractivity contribution in [3.8, 4) is 5.88 Å². The van der Waals surface area contributed by atoms with E-state index in [-0.39, 0.29) is 0 Å². The maximum Gasteiger partial charge on any atom is 0.221 e. The number of fused-ring (bicyclic) bond motifs is 1. The summed E-state index contributed by atoms with van der Waals surface area (Å²) >= 11 is 0. The van der Waals surface area contributed by atoms with Crippen molar-refractivity contribution in [1.29, 1.82) is 0 Å². The zero-order chi connectivity index (χ0) is 10.8. The molecule has 0 spiro atoms. The third-order valence-corrected chi connectivity index (χ3v) is 2.48. The molecule has 2 rings (SSSR count). The second-order valence-electron chi connectivity index (χ2n) is 4.28. The van der Waals surface area contributed by atoms with E-state index in [4.69, 9.17) is 4.74 Å². The first-order valence-corrected chi connectivity index (χ1v) is 5.34. The van der Waals surface area contributed by atoms with Crippen LogP contribution in [0, 0.1) is 5.92 Å². The highest BCUT2D eigenvalue weighted by Crippen LogP contribution is 2.23. The minimum Gasteiger partial charge on any atom is -0.481 e. The van der Waals surface area contributed by atoms with Gasteiger partial charge in [-0.3, -0.25) is 0 Å². The third kappa shape index (κ3) is 2.09. The first kappa shape index (κ1) is 10.4. The molecule has 0 bridgehead atoms.